The Morgan fingerprint density at radius 2 is 1.88 bits per heavy atom. The molecule has 7 heteroatoms. The predicted molar refractivity (Wildman–Crippen MR) is 96.9 cm³/mol. The second kappa shape index (κ2) is 7.94. The van der Waals surface area contributed by atoms with E-state index in [1.807, 2.05) is 0 Å². The summed E-state index contributed by atoms with van der Waals surface area (Å²) in [6.07, 6.45) is 3.87. The van der Waals surface area contributed by atoms with Crippen molar-refractivity contribution >= 4 is 27.7 Å². The zero-order valence-electron chi connectivity index (χ0n) is 13.9. The minimum atomic E-state index is -3.42. The van der Waals surface area contributed by atoms with Gasteiger partial charge in [0.25, 0.3) is 0 Å². The molecule has 2 N–H and O–H groups in total. The van der Waals surface area contributed by atoms with Crippen LogP contribution >= 0.6 is 0 Å². The highest BCUT2D eigenvalue weighted by Crippen LogP contribution is 2.23. The maximum Gasteiger partial charge on any atom is 0.244 e. The average Bonchev–Trinajstić information content (AvgIpc) is 2.52. The number of carbonyl (C=O) groups excluding carboxylic acids is 1. The molecule has 0 spiro atoms. The highest BCUT2D eigenvalue weighted by molar-refractivity contribution is 7.92. The summed E-state index contributed by atoms with van der Waals surface area (Å²) in [5.41, 5.74) is 1.62. The van der Waals surface area contributed by atoms with E-state index in [1.165, 1.54) is 24.3 Å². The van der Waals surface area contributed by atoms with E-state index in [0.717, 1.165) is 6.26 Å². The number of halogens is 1. The van der Waals surface area contributed by atoms with Gasteiger partial charge < -0.3 is 5.32 Å². The topological polar surface area (TPSA) is 75.3 Å². The predicted octanol–water partition coefficient (Wildman–Crippen LogP) is 3.09. The van der Waals surface area contributed by atoms with Crippen LogP contribution in [0.4, 0.5) is 10.1 Å². The van der Waals surface area contributed by atoms with Gasteiger partial charge in [0.2, 0.25) is 15.9 Å². The van der Waals surface area contributed by atoms with Gasteiger partial charge in [-0.1, -0.05) is 30.3 Å². The Kier molecular flexibility index (Phi) is 5.93. The molecule has 1 unspecified atom stereocenters. The van der Waals surface area contributed by atoms with Crippen molar-refractivity contribution in [1.29, 1.82) is 0 Å². The highest BCUT2D eigenvalue weighted by Gasteiger charge is 2.14. The minimum Gasteiger partial charge on any atom is -0.346 e. The first-order valence-corrected chi connectivity index (χ1v) is 9.44. The van der Waals surface area contributed by atoms with Gasteiger partial charge in [-0.25, -0.2) is 12.8 Å². The summed E-state index contributed by atoms with van der Waals surface area (Å²) in [6.45, 7) is 1.75. The third-order valence-corrected chi connectivity index (χ3v) is 3.95. The van der Waals surface area contributed by atoms with Crippen molar-refractivity contribution in [2.75, 3.05) is 11.0 Å². The lowest BCUT2D eigenvalue weighted by Gasteiger charge is -2.17. The largest absolute Gasteiger partial charge is 0.346 e. The van der Waals surface area contributed by atoms with Crippen molar-refractivity contribution < 1.29 is 17.6 Å². The van der Waals surface area contributed by atoms with Gasteiger partial charge in [0.05, 0.1) is 18.0 Å². The summed E-state index contributed by atoms with van der Waals surface area (Å²) in [7, 11) is -3.42. The molecular formula is C18H19FN2O3S. The smallest absolute Gasteiger partial charge is 0.244 e. The Morgan fingerprint density at radius 3 is 2.56 bits per heavy atom. The fourth-order valence-electron chi connectivity index (χ4n) is 2.29. The van der Waals surface area contributed by atoms with Crippen LogP contribution in [-0.4, -0.2) is 20.6 Å². The molecule has 0 aliphatic rings. The molecule has 5 nitrogen and oxygen atoms in total. The van der Waals surface area contributed by atoms with Crippen LogP contribution in [0.25, 0.3) is 6.08 Å². The summed E-state index contributed by atoms with van der Waals surface area (Å²) in [4.78, 5) is 12.1. The zero-order valence-corrected chi connectivity index (χ0v) is 14.7. The molecule has 2 aromatic rings. The summed E-state index contributed by atoms with van der Waals surface area (Å²) in [5, 5.41) is 2.75. The van der Waals surface area contributed by atoms with E-state index in [9.17, 15) is 17.6 Å². The SMILES string of the molecule is CC(NC(=O)/C=C/c1cccc(F)c1)c1ccccc1NS(C)(=O)=O. The second-order valence-corrected chi connectivity index (χ2v) is 7.33. The summed E-state index contributed by atoms with van der Waals surface area (Å²) < 4.78 is 38.4. The number of sulfonamides is 1. The first kappa shape index (κ1) is 18.7. The van der Waals surface area contributed by atoms with E-state index < -0.39 is 16.1 Å². The van der Waals surface area contributed by atoms with Crippen LogP contribution in [0, 0.1) is 5.82 Å². The van der Waals surface area contributed by atoms with E-state index >= 15 is 0 Å². The van der Waals surface area contributed by atoms with Crippen LogP contribution in [0.3, 0.4) is 0 Å². The number of anilines is 1. The number of carbonyl (C=O) groups is 1. The van der Waals surface area contributed by atoms with Gasteiger partial charge in [-0.2, -0.15) is 0 Å². The number of nitrogens with one attached hydrogen (secondary N) is 2. The maximum absolute atomic E-state index is 13.1. The summed E-state index contributed by atoms with van der Waals surface area (Å²) in [6, 6.07) is 12.3. The molecule has 0 fully saturated rings. The van der Waals surface area contributed by atoms with E-state index in [1.54, 1.807) is 43.3 Å². The third-order valence-electron chi connectivity index (χ3n) is 3.36. The van der Waals surface area contributed by atoms with Gasteiger partial charge in [0.1, 0.15) is 5.82 Å². The Balaban J connectivity index is 2.09. The van der Waals surface area contributed by atoms with E-state index in [0.29, 0.717) is 16.8 Å². The zero-order chi connectivity index (χ0) is 18.4. The van der Waals surface area contributed by atoms with Crippen LogP contribution < -0.4 is 10.0 Å². The van der Waals surface area contributed by atoms with E-state index in [-0.39, 0.29) is 11.7 Å². The number of amides is 1. The van der Waals surface area contributed by atoms with Crippen LogP contribution in [-0.2, 0) is 14.8 Å². The molecule has 0 saturated carbocycles. The molecule has 2 aromatic carbocycles. The maximum atomic E-state index is 13.1. The number of para-hydroxylation sites is 1. The normalized spacial score (nSPS) is 12.8. The van der Waals surface area contributed by atoms with Crippen molar-refractivity contribution in [2.24, 2.45) is 0 Å². The number of hydrogen-bond donors (Lipinski definition) is 2. The van der Waals surface area contributed by atoms with Crippen molar-refractivity contribution in [2.45, 2.75) is 13.0 Å². The van der Waals surface area contributed by atoms with Gasteiger partial charge >= 0.3 is 0 Å². The van der Waals surface area contributed by atoms with Crippen molar-refractivity contribution in [3.63, 3.8) is 0 Å². The molecule has 0 heterocycles. The fourth-order valence-corrected chi connectivity index (χ4v) is 2.87. The average molecular weight is 362 g/mol. The molecule has 0 aromatic heterocycles. The monoisotopic (exact) mass is 362 g/mol. The molecule has 132 valence electrons. The molecule has 1 amide bonds. The highest BCUT2D eigenvalue weighted by atomic mass is 32.2. The summed E-state index contributed by atoms with van der Waals surface area (Å²) >= 11 is 0. The van der Waals surface area contributed by atoms with Gasteiger partial charge in [0, 0.05) is 6.08 Å². The molecule has 0 aliphatic heterocycles. The Labute approximate surface area is 146 Å². The molecular weight excluding hydrogens is 343 g/mol. The minimum absolute atomic E-state index is 0.370. The second-order valence-electron chi connectivity index (χ2n) is 5.58. The molecule has 0 radical (unpaired) electrons. The lowest BCUT2D eigenvalue weighted by molar-refractivity contribution is -0.117. The molecule has 2 rings (SSSR count). The first-order valence-electron chi connectivity index (χ1n) is 7.55. The van der Waals surface area contributed by atoms with Crippen molar-refractivity contribution in [3.05, 3.63) is 71.6 Å². The van der Waals surface area contributed by atoms with Crippen LogP contribution in [0.15, 0.2) is 54.6 Å². The quantitative estimate of drug-likeness (QED) is 0.776. The molecule has 25 heavy (non-hydrogen) atoms. The lowest BCUT2D eigenvalue weighted by Crippen LogP contribution is -2.25. The van der Waals surface area contributed by atoms with Crippen LogP contribution in [0.5, 0.6) is 0 Å². The molecule has 0 saturated heterocycles. The summed E-state index contributed by atoms with van der Waals surface area (Å²) in [5.74, 6) is -0.748. The number of benzene rings is 2. The first-order chi connectivity index (χ1) is 11.7. The Morgan fingerprint density at radius 1 is 1.16 bits per heavy atom. The van der Waals surface area contributed by atoms with Crippen molar-refractivity contribution in [3.8, 4) is 0 Å². The van der Waals surface area contributed by atoms with E-state index in [2.05, 4.69) is 10.0 Å². The molecule has 0 bridgehead atoms. The fraction of sp³-hybridized carbons (Fsp3) is 0.167. The van der Waals surface area contributed by atoms with Gasteiger partial charge in [-0.3, -0.25) is 9.52 Å². The molecule has 1 atom stereocenters. The Hall–Kier alpha value is -2.67. The standard InChI is InChI=1S/C18H19FN2O3S/c1-13(16-8-3-4-9-17(16)21-25(2,23)24)20-18(22)11-10-14-6-5-7-15(19)12-14/h3-13,21H,1-2H3,(H,20,22)/b11-10+. The van der Waals surface area contributed by atoms with Gasteiger partial charge in [0.15, 0.2) is 0 Å². The lowest BCUT2D eigenvalue weighted by atomic mass is 10.1. The number of hydrogen-bond acceptors (Lipinski definition) is 3. The van der Waals surface area contributed by atoms with Crippen molar-refractivity contribution in [1.82, 2.24) is 5.32 Å². The van der Waals surface area contributed by atoms with Gasteiger partial charge in [-0.05, 0) is 42.3 Å². The van der Waals surface area contributed by atoms with Crippen LogP contribution in [0.1, 0.15) is 24.1 Å². The Bertz CT molecular complexity index is 895. The number of rotatable bonds is 6. The van der Waals surface area contributed by atoms with E-state index in [4.69, 9.17) is 0 Å². The third kappa shape index (κ3) is 6.04. The van der Waals surface area contributed by atoms with Crippen LogP contribution in [0.2, 0.25) is 0 Å². The van der Waals surface area contributed by atoms with Gasteiger partial charge in [-0.15, -0.1) is 0 Å². The molecule has 0 aliphatic carbocycles.